The van der Waals surface area contributed by atoms with Gasteiger partial charge in [0.1, 0.15) is 0 Å². The number of nitrogens with one attached hydrogen (secondary N) is 1. The normalized spacial score (nSPS) is 24.1. The van der Waals surface area contributed by atoms with Crippen LogP contribution in [0, 0.1) is 5.92 Å². The molecular formula is C18H27N3O2. The second-order valence-corrected chi connectivity index (χ2v) is 6.92. The summed E-state index contributed by atoms with van der Waals surface area (Å²) >= 11 is 0. The molecule has 5 nitrogen and oxygen atoms in total. The molecule has 0 aromatic heterocycles. The largest absolute Gasteiger partial charge is 0.352 e. The van der Waals surface area contributed by atoms with E-state index in [0.717, 1.165) is 31.2 Å². The lowest BCUT2D eigenvalue weighted by atomic mass is 9.74. The first kappa shape index (κ1) is 17.5. The minimum atomic E-state index is -0.412. The predicted molar refractivity (Wildman–Crippen MR) is 90.9 cm³/mol. The second-order valence-electron chi connectivity index (χ2n) is 6.92. The van der Waals surface area contributed by atoms with Crippen molar-refractivity contribution in [2.75, 3.05) is 14.1 Å². The molecule has 0 spiro atoms. The first-order chi connectivity index (χ1) is 10.8. The fourth-order valence-corrected chi connectivity index (χ4v) is 3.12. The lowest BCUT2D eigenvalue weighted by Crippen LogP contribution is -2.52. The topological polar surface area (TPSA) is 75.4 Å². The van der Waals surface area contributed by atoms with Gasteiger partial charge in [-0.25, -0.2) is 0 Å². The summed E-state index contributed by atoms with van der Waals surface area (Å²) in [5.74, 6) is -0.115. The fourth-order valence-electron chi connectivity index (χ4n) is 3.12. The van der Waals surface area contributed by atoms with Gasteiger partial charge in [0.15, 0.2) is 0 Å². The molecule has 1 aromatic rings. The van der Waals surface area contributed by atoms with Crippen molar-refractivity contribution in [1.29, 1.82) is 0 Å². The maximum Gasteiger partial charge on any atom is 0.253 e. The number of rotatable bonds is 4. The average molecular weight is 317 g/mol. The van der Waals surface area contributed by atoms with Crippen LogP contribution < -0.4 is 11.1 Å². The highest BCUT2D eigenvalue weighted by Crippen LogP contribution is 2.31. The molecule has 126 valence electrons. The Morgan fingerprint density at radius 3 is 2.48 bits per heavy atom. The van der Waals surface area contributed by atoms with Crippen LogP contribution >= 0.6 is 0 Å². The Kier molecular flexibility index (Phi) is 5.42. The van der Waals surface area contributed by atoms with Crippen LogP contribution in [0.25, 0.3) is 0 Å². The van der Waals surface area contributed by atoms with Gasteiger partial charge in [-0.3, -0.25) is 9.59 Å². The standard InChI is InChI=1S/C18H27N3O2/c1-18(19)11-5-4-6-15(18)16(22)20-12-13-7-9-14(10-8-13)17(23)21(2)3/h7-10,15H,4-6,11-12,19H2,1-3H3,(H,20,22). The van der Waals surface area contributed by atoms with E-state index in [-0.39, 0.29) is 17.7 Å². The summed E-state index contributed by atoms with van der Waals surface area (Å²) in [6.07, 6.45) is 3.91. The second kappa shape index (κ2) is 7.13. The molecule has 23 heavy (non-hydrogen) atoms. The minimum Gasteiger partial charge on any atom is -0.352 e. The quantitative estimate of drug-likeness (QED) is 0.891. The van der Waals surface area contributed by atoms with E-state index in [1.807, 2.05) is 19.1 Å². The first-order valence-corrected chi connectivity index (χ1v) is 8.18. The molecule has 3 N–H and O–H groups in total. The van der Waals surface area contributed by atoms with E-state index in [9.17, 15) is 9.59 Å². The third-order valence-electron chi connectivity index (χ3n) is 4.64. The molecule has 1 aliphatic carbocycles. The molecule has 0 aliphatic heterocycles. The number of hydrogen-bond acceptors (Lipinski definition) is 3. The summed E-state index contributed by atoms with van der Waals surface area (Å²) in [5, 5.41) is 2.98. The van der Waals surface area contributed by atoms with Gasteiger partial charge in [0.25, 0.3) is 5.91 Å². The maximum absolute atomic E-state index is 12.4. The highest BCUT2D eigenvalue weighted by atomic mass is 16.2. The lowest BCUT2D eigenvalue weighted by Gasteiger charge is -2.37. The average Bonchev–Trinajstić information content (AvgIpc) is 2.52. The Hall–Kier alpha value is -1.88. The van der Waals surface area contributed by atoms with Crippen LogP contribution in [0.2, 0.25) is 0 Å². The van der Waals surface area contributed by atoms with Crippen LogP contribution in [0.4, 0.5) is 0 Å². The van der Waals surface area contributed by atoms with Crippen molar-refractivity contribution in [2.24, 2.45) is 11.7 Å². The van der Waals surface area contributed by atoms with Gasteiger partial charge in [0, 0.05) is 31.7 Å². The molecule has 0 bridgehead atoms. The van der Waals surface area contributed by atoms with E-state index in [0.29, 0.717) is 12.1 Å². The van der Waals surface area contributed by atoms with Gasteiger partial charge in [-0.15, -0.1) is 0 Å². The van der Waals surface area contributed by atoms with Crippen LogP contribution in [0.1, 0.15) is 48.5 Å². The molecule has 1 fully saturated rings. The molecule has 2 unspecified atom stereocenters. The smallest absolute Gasteiger partial charge is 0.253 e. The third-order valence-corrected chi connectivity index (χ3v) is 4.64. The maximum atomic E-state index is 12.4. The number of benzene rings is 1. The minimum absolute atomic E-state index is 0.0262. The van der Waals surface area contributed by atoms with Gasteiger partial charge >= 0.3 is 0 Å². The monoisotopic (exact) mass is 317 g/mol. The van der Waals surface area contributed by atoms with Crippen LogP contribution in [-0.2, 0) is 11.3 Å². The zero-order chi connectivity index (χ0) is 17.0. The molecule has 1 aliphatic rings. The SMILES string of the molecule is CN(C)C(=O)c1ccc(CNC(=O)C2CCCCC2(C)N)cc1. The molecule has 0 radical (unpaired) electrons. The molecule has 2 atom stereocenters. The number of nitrogens with zero attached hydrogens (tertiary/aromatic N) is 1. The Morgan fingerprint density at radius 2 is 1.91 bits per heavy atom. The summed E-state index contributed by atoms with van der Waals surface area (Å²) in [6.45, 7) is 2.43. The lowest BCUT2D eigenvalue weighted by molar-refractivity contribution is -0.128. The molecule has 0 saturated heterocycles. The summed E-state index contributed by atoms with van der Waals surface area (Å²) < 4.78 is 0. The Morgan fingerprint density at radius 1 is 1.26 bits per heavy atom. The zero-order valence-electron chi connectivity index (χ0n) is 14.3. The van der Waals surface area contributed by atoms with Crippen LogP contribution in [0.3, 0.4) is 0 Å². The zero-order valence-corrected chi connectivity index (χ0v) is 14.3. The van der Waals surface area contributed by atoms with Crippen molar-refractivity contribution in [3.05, 3.63) is 35.4 Å². The van der Waals surface area contributed by atoms with E-state index >= 15 is 0 Å². The van der Waals surface area contributed by atoms with Gasteiger partial charge in [0.2, 0.25) is 5.91 Å². The van der Waals surface area contributed by atoms with E-state index in [2.05, 4.69) is 5.32 Å². The molecule has 0 heterocycles. The molecule has 2 rings (SSSR count). The van der Waals surface area contributed by atoms with Gasteiger partial charge in [-0.05, 0) is 37.5 Å². The van der Waals surface area contributed by atoms with Crippen molar-refractivity contribution in [3.63, 3.8) is 0 Å². The van der Waals surface area contributed by atoms with E-state index in [1.165, 1.54) is 0 Å². The van der Waals surface area contributed by atoms with Crippen molar-refractivity contribution in [1.82, 2.24) is 10.2 Å². The van der Waals surface area contributed by atoms with Crippen molar-refractivity contribution >= 4 is 11.8 Å². The highest BCUT2D eigenvalue weighted by Gasteiger charge is 2.37. The van der Waals surface area contributed by atoms with Crippen molar-refractivity contribution in [2.45, 2.75) is 44.7 Å². The molecule has 1 saturated carbocycles. The van der Waals surface area contributed by atoms with E-state index in [4.69, 9.17) is 5.73 Å². The van der Waals surface area contributed by atoms with E-state index < -0.39 is 5.54 Å². The summed E-state index contributed by atoms with van der Waals surface area (Å²) in [7, 11) is 3.45. The van der Waals surface area contributed by atoms with Gasteiger partial charge < -0.3 is 16.0 Å². The number of amides is 2. The van der Waals surface area contributed by atoms with Crippen LogP contribution in [-0.4, -0.2) is 36.3 Å². The van der Waals surface area contributed by atoms with Gasteiger partial charge in [-0.1, -0.05) is 25.0 Å². The van der Waals surface area contributed by atoms with Gasteiger partial charge in [-0.2, -0.15) is 0 Å². The Bertz CT molecular complexity index is 564. The Labute approximate surface area is 138 Å². The number of nitrogens with two attached hydrogens (primary N) is 1. The van der Waals surface area contributed by atoms with Crippen molar-refractivity contribution in [3.8, 4) is 0 Å². The van der Waals surface area contributed by atoms with Crippen LogP contribution in [0.15, 0.2) is 24.3 Å². The predicted octanol–water partition coefficient (Wildman–Crippen LogP) is 1.91. The van der Waals surface area contributed by atoms with Gasteiger partial charge in [0.05, 0.1) is 5.92 Å². The first-order valence-electron chi connectivity index (χ1n) is 8.18. The molecular weight excluding hydrogens is 290 g/mol. The molecule has 2 amide bonds. The third kappa shape index (κ3) is 4.32. The number of carbonyl (C=O) groups excluding carboxylic acids is 2. The Balaban J connectivity index is 1.93. The summed E-state index contributed by atoms with van der Waals surface area (Å²) in [6, 6.07) is 7.33. The van der Waals surface area contributed by atoms with Crippen LogP contribution in [0.5, 0.6) is 0 Å². The number of hydrogen-bond donors (Lipinski definition) is 2. The fraction of sp³-hybridized carbons (Fsp3) is 0.556. The summed E-state index contributed by atoms with van der Waals surface area (Å²) in [5.41, 5.74) is 7.48. The number of carbonyl (C=O) groups is 2. The summed E-state index contributed by atoms with van der Waals surface area (Å²) in [4.78, 5) is 25.8. The highest BCUT2D eigenvalue weighted by molar-refractivity contribution is 5.93. The van der Waals surface area contributed by atoms with Crippen molar-refractivity contribution < 1.29 is 9.59 Å². The molecule has 5 heteroatoms. The van der Waals surface area contributed by atoms with E-state index in [1.54, 1.807) is 31.1 Å². The molecule has 1 aromatic carbocycles.